The first kappa shape index (κ1) is 16.1. The van der Waals surface area contributed by atoms with Crippen LogP contribution in [0.3, 0.4) is 0 Å². The molecule has 0 bridgehead atoms. The lowest BCUT2D eigenvalue weighted by Crippen LogP contribution is -2.29. The first-order valence-electron chi connectivity index (χ1n) is 8.80. The molecule has 0 radical (unpaired) electrons. The van der Waals surface area contributed by atoms with Crippen LogP contribution in [0.15, 0.2) is 24.3 Å². The second-order valence-electron chi connectivity index (χ2n) is 7.43. The first-order chi connectivity index (χ1) is 11.6. The summed E-state index contributed by atoms with van der Waals surface area (Å²) in [7, 11) is 0. The second-order valence-corrected chi connectivity index (χ2v) is 7.86. The van der Waals surface area contributed by atoms with E-state index in [0.29, 0.717) is 5.41 Å². The van der Waals surface area contributed by atoms with E-state index in [1.807, 2.05) is 28.9 Å². The molecule has 24 heavy (non-hydrogen) atoms. The Morgan fingerprint density at radius 1 is 1.21 bits per heavy atom. The van der Waals surface area contributed by atoms with Crippen LogP contribution in [-0.4, -0.2) is 40.9 Å². The first-order valence-corrected chi connectivity index (χ1v) is 9.18. The molecule has 2 aromatic rings. The summed E-state index contributed by atoms with van der Waals surface area (Å²) in [6.07, 6.45) is 2.65. The van der Waals surface area contributed by atoms with Crippen LogP contribution in [-0.2, 0) is 6.54 Å². The van der Waals surface area contributed by atoms with E-state index >= 15 is 0 Å². The lowest BCUT2D eigenvalue weighted by molar-refractivity contribution is 0.268. The van der Waals surface area contributed by atoms with Crippen LogP contribution in [0.1, 0.15) is 29.8 Å². The van der Waals surface area contributed by atoms with Gasteiger partial charge in [-0.1, -0.05) is 11.6 Å². The molecule has 1 spiro atoms. The molecule has 4 rings (SSSR count). The summed E-state index contributed by atoms with van der Waals surface area (Å²) in [6.45, 7) is 10.1. The molecule has 1 atom stereocenters. The SMILES string of the molecule is Cc1nn(-c2ccc(Cl)cc2)c(C)c1CN1CCC2(CCNC2)C1. The van der Waals surface area contributed by atoms with Crippen LogP contribution >= 0.6 is 11.6 Å². The van der Waals surface area contributed by atoms with Crippen molar-refractivity contribution in [1.29, 1.82) is 0 Å². The monoisotopic (exact) mass is 344 g/mol. The highest BCUT2D eigenvalue weighted by molar-refractivity contribution is 6.30. The number of nitrogens with zero attached hydrogens (tertiary/aromatic N) is 3. The third-order valence-corrected chi connectivity index (χ3v) is 6.00. The van der Waals surface area contributed by atoms with Crippen molar-refractivity contribution in [3.63, 3.8) is 0 Å². The van der Waals surface area contributed by atoms with Crippen molar-refractivity contribution in [2.75, 3.05) is 26.2 Å². The predicted molar refractivity (Wildman–Crippen MR) is 97.9 cm³/mol. The van der Waals surface area contributed by atoms with E-state index in [4.69, 9.17) is 16.7 Å². The molecule has 1 aromatic heterocycles. The largest absolute Gasteiger partial charge is 0.316 e. The minimum Gasteiger partial charge on any atom is -0.316 e. The summed E-state index contributed by atoms with van der Waals surface area (Å²) in [6, 6.07) is 7.90. The average molecular weight is 345 g/mol. The normalized spacial score (nSPS) is 24.3. The summed E-state index contributed by atoms with van der Waals surface area (Å²) in [5.41, 5.74) is 5.33. The van der Waals surface area contributed by atoms with E-state index in [1.165, 1.54) is 50.3 Å². The molecule has 3 heterocycles. The van der Waals surface area contributed by atoms with E-state index in [1.54, 1.807) is 0 Å². The molecule has 2 aliphatic rings. The van der Waals surface area contributed by atoms with Crippen molar-refractivity contribution in [2.24, 2.45) is 5.41 Å². The van der Waals surface area contributed by atoms with Crippen LogP contribution in [0.2, 0.25) is 5.02 Å². The molecule has 1 unspecified atom stereocenters. The summed E-state index contributed by atoms with van der Waals surface area (Å²) in [5, 5.41) is 9.07. The van der Waals surface area contributed by atoms with Gasteiger partial charge in [0.2, 0.25) is 0 Å². The minimum atomic E-state index is 0.522. The van der Waals surface area contributed by atoms with Crippen molar-refractivity contribution in [1.82, 2.24) is 20.0 Å². The lowest BCUT2D eigenvalue weighted by atomic mass is 9.86. The third kappa shape index (κ3) is 2.87. The smallest absolute Gasteiger partial charge is 0.0649 e. The molecule has 2 fully saturated rings. The number of hydrogen-bond acceptors (Lipinski definition) is 3. The van der Waals surface area contributed by atoms with Crippen LogP contribution in [0.4, 0.5) is 0 Å². The number of rotatable bonds is 3. The number of likely N-dealkylation sites (tertiary alicyclic amines) is 1. The molecule has 128 valence electrons. The van der Waals surface area contributed by atoms with Gasteiger partial charge < -0.3 is 5.32 Å². The van der Waals surface area contributed by atoms with E-state index in [0.717, 1.165) is 22.9 Å². The maximum atomic E-state index is 6.01. The van der Waals surface area contributed by atoms with Crippen LogP contribution in [0.25, 0.3) is 5.69 Å². The van der Waals surface area contributed by atoms with Gasteiger partial charge in [0.1, 0.15) is 0 Å². The van der Waals surface area contributed by atoms with E-state index in [2.05, 4.69) is 24.1 Å². The molecular formula is C19H25ClN4. The van der Waals surface area contributed by atoms with Gasteiger partial charge in [-0.15, -0.1) is 0 Å². The van der Waals surface area contributed by atoms with Gasteiger partial charge in [-0.05, 0) is 69.5 Å². The van der Waals surface area contributed by atoms with Crippen LogP contribution < -0.4 is 5.32 Å². The van der Waals surface area contributed by atoms with Crippen LogP contribution in [0, 0.1) is 19.3 Å². The highest BCUT2D eigenvalue weighted by Crippen LogP contribution is 2.37. The van der Waals surface area contributed by atoms with Gasteiger partial charge in [-0.3, -0.25) is 4.90 Å². The Hall–Kier alpha value is -1.36. The standard InChI is InChI=1S/C19H25ClN4/c1-14-18(11-23-10-8-19(13-23)7-9-21-12-19)15(2)24(22-14)17-5-3-16(20)4-6-17/h3-6,21H,7-13H2,1-2H3. The van der Waals surface area contributed by atoms with E-state index in [-0.39, 0.29) is 0 Å². The molecule has 4 nitrogen and oxygen atoms in total. The number of halogens is 1. The molecule has 0 saturated carbocycles. The van der Waals surface area contributed by atoms with Gasteiger partial charge >= 0.3 is 0 Å². The highest BCUT2D eigenvalue weighted by Gasteiger charge is 2.40. The van der Waals surface area contributed by atoms with Gasteiger partial charge in [0.15, 0.2) is 0 Å². The van der Waals surface area contributed by atoms with Gasteiger partial charge in [-0.25, -0.2) is 4.68 Å². The van der Waals surface area contributed by atoms with Crippen molar-refractivity contribution < 1.29 is 0 Å². The number of aryl methyl sites for hydroxylation is 1. The summed E-state index contributed by atoms with van der Waals surface area (Å²) >= 11 is 6.01. The average Bonchev–Trinajstić information content (AvgIpc) is 3.26. The Kier molecular flexibility index (Phi) is 4.15. The molecule has 2 aliphatic heterocycles. The molecule has 2 saturated heterocycles. The van der Waals surface area contributed by atoms with Crippen molar-refractivity contribution in [2.45, 2.75) is 33.2 Å². The Morgan fingerprint density at radius 3 is 2.71 bits per heavy atom. The maximum absolute atomic E-state index is 6.01. The molecular weight excluding hydrogens is 320 g/mol. The number of benzene rings is 1. The quantitative estimate of drug-likeness (QED) is 0.927. The molecule has 1 aromatic carbocycles. The van der Waals surface area contributed by atoms with Crippen molar-refractivity contribution in [3.8, 4) is 5.69 Å². The van der Waals surface area contributed by atoms with E-state index in [9.17, 15) is 0 Å². The second kappa shape index (κ2) is 6.17. The Labute approximate surface area is 148 Å². The summed E-state index contributed by atoms with van der Waals surface area (Å²) in [5.74, 6) is 0. The topological polar surface area (TPSA) is 33.1 Å². The number of nitrogens with one attached hydrogen (secondary N) is 1. The fraction of sp³-hybridized carbons (Fsp3) is 0.526. The van der Waals surface area contributed by atoms with Gasteiger partial charge in [0.25, 0.3) is 0 Å². The zero-order chi connectivity index (χ0) is 16.7. The van der Waals surface area contributed by atoms with Crippen molar-refractivity contribution in [3.05, 3.63) is 46.2 Å². The fourth-order valence-corrected chi connectivity index (χ4v) is 4.39. The fourth-order valence-electron chi connectivity index (χ4n) is 4.27. The zero-order valence-corrected chi connectivity index (χ0v) is 15.2. The number of aromatic nitrogens is 2. The van der Waals surface area contributed by atoms with Gasteiger partial charge in [0, 0.05) is 35.9 Å². The summed E-state index contributed by atoms with van der Waals surface area (Å²) in [4.78, 5) is 2.61. The molecule has 0 aliphatic carbocycles. The van der Waals surface area contributed by atoms with Crippen molar-refractivity contribution >= 4 is 11.6 Å². The van der Waals surface area contributed by atoms with Gasteiger partial charge in [-0.2, -0.15) is 5.10 Å². The molecule has 5 heteroatoms. The molecule has 1 N–H and O–H groups in total. The Morgan fingerprint density at radius 2 is 2.00 bits per heavy atom. The Bertz CT molecular complexity index is 729. The lowest BCUT2D eigenvalue weighted by Gasteiger charge is -2.23. The van der Waals surface area contributed by atoms with Gasteiger partial charge in [0.05, 0.1) is 11.4 Å². The summed E-state index contributed by atoms with van der Waals surface area (Å²) < 4.78 is 2.05. The number of hydrogen-bond donors (Lipinski definition) is 1. The third-order valence-electron chi connectivity index (χ3n) is 5.74. The highest BCUT2D eigenvalue weighted by atomic mass is 35.5. The maximum Gasteiger partial charge on any atom is 0.0649 e. The van der Waals surface area contributed by atoms with E-state index < -0.39 is 0 Å². The zero-order valence-electron chi connectivity index (χ0n) is 14.5. The molecule has 0 amide bonds. The Balaban J connectivity index is 1.55. The minimum absolute atomic E-state index is 0.522. The predicted octanol–water partition coefficient (Wildman–Crippen LogP) is 3.33. The van der Waals surface area contributed by atoms with Crippen LogP contribution in [0.5, 0.6) is 0 Å².